The first-order valence-electron chi connectivity index (χ1n) is 3.97. The Morgan fingerprint density at radius 3 is 2.50 bits per heavy atom. The molecule has 0 aromatic heterocycles. The Morgan fingerprint density at radius 1 is 1.36 bits per heavy atom. The molecule has 1 aromatic rings. The van der Waals surface area contributed by atoms with Gasteiger partial charge in [0.2, 0.25) is 0 Å². The molecule has 14 heavy (non-hydrogen) atoms. The molecule has 0 aliphatic carbocycles. The Bertz CT molecular complexity index is 358. The predicted octanol–water partition coefficient (Wildman–Crippen LogP) is 3.43. The Hall–Kier alpha value is -0.740. The van der Waals surface area contributed by atoms with Gasteiger partial charge in [-0.2, -0.15) is 13.2 Å². The van der Waals surface area contributed by atoms with Gasteiger partial charge in [0.05, 0.1) is 17.2 Å². The van der Waals surface area contributed by atoms with Gasteiger partial charge < -0.3 is 4.74 Å². The van der Waals surface area contributed by atoms with Crippen molar-refractivity contribution >= 4 is 11.6 Å². The van der Waals surface area contributed by atoms with Crippen LogP contribution in [0.1, 0.15) is 17.2 Å². The maximum absolute atomic E-state index is 12.4. The highest BCUT2D eigenvalue weighted by Gasteiger charge is 2.36. The molecule has 1 aromatic carbocycles. The molecule has 0 amide bonds. The lowest BCUT2D eigenvalue weighted by Gasteiger charge is -2.10. The minimum Gasteiger partial charge on any atom is -0.368 e. The number of halogens is 4. The number of alkyl halides is 3. The summed E-state index contributed by atoms with van der Waals surface area (Å²) >= 11 is 5.63. The van der Waals surface area contributed by atoms with Gasteiger partial charge in [0.15, 0.2) is 0 Å². The quantitative estimate of drug-likeness (QED) is 0.664. The summed E-state index contributed by atoms with van der Waals surface area (Å²) in [7, 11) is 0. The summed E-state index contributed by atoms with van der Waals surface area (Å²) in [5.74, 6) is 0. The topological polar surface area (TPSA) is 12.5 Å². The Kier molecular flexibility index (Phi) is 2.20. The standard InChI is InChI=1S/C9H6ClF3O/c10-8-5(7-4-14-7)2-1-3-6(8)9(11,12)13/h1-3,7H,4H2. The Morgan fingerprint density at radius 2 is 2.00 bits per heavy atom. The van der Waals surface area contributed by atoms with E-state index < -0.39 is 11.7 Å². The van der Waals surface area contributed by atoms with Crippen LogP contribution in [-0.2, 0) is 10.9 Å². The average Bonchev–Trinajstić information content (AvgIpc) is 2.85. The first kappa shape index (κ1) is 9.80. The molecule has 5 heteroatoms. The number of hydrogen-bond acceptors (Lipinski definition) is 1. The molecule has 0 bridgehead atoms. The molecule has 1 nitrogen and oxygen atoms in total. The van der Waals surface area contributed by atoms with Crippen molar-refractivity contribution in [2.45, 2.75) is 12.3 Å². The van der Waals surface area contributed by atoms with E-state index in [1.165, 1.54) is 6.07 Å². The zero-order valence-corrected chi connectivity index (χ0v) is 7.69. The second-order valence-electron chi connectivity index (χ2n) is 3.03. The van der Waals surface area contributed by atoms with Crippen molar-refractivity contribution in [3.05, 3.63) is 34.3 Å². The molecule has 0 saturated carbocycles. The predicted molar refractivity (Wildman–Crippen MR) is 45.1 cm³/mol. The summed E-state index contributed by atoms with van der Waals surface area (Å²) in [6.07, 6.45) is -4.66. The van der Waals surface area contributed by atoms with E-state index in [9.17, 15) is 13.2 Å². The summed E-state index contributed by atoms with van der Waals surface area (Å²) in [5.41, 5.74) is -0.381. The van der Waals surface area contributed by atoms with E-state index >= 15 is 0 Å². The van der Waals surface area contributed by atoms with Crippen LogP contribution in [0.5, 0.6) is 0 Å². The van der Waals surface area contributed by atoms with E-state index in [1.54, 1.807) is 6.07 Å². The second kappa shape index (κ2) is 3.14. The normalized spacial score (nSPS) is 21.0. The molecule has 2 rings (SSSR count). The van der Waals surface area contributed by atoms with Crippen LogP contribution < -0.4 is 0 Å². The van der Waals surface area contributed by atoms with Crippen LogP contribution in [0, 0.1) is 0 Å². The van der Waals surface area contributed by atoms with Crippen LogP contribution in [0.25, 0.3) is 0 Å². The van der Waals surface area contributed by atoms with E-state index in [4.69, 9.17) is 16.3 Å². The SMILES string of the molecule is FC(F)(F)c1cccc(C2CO2)c1Cl. The zero-order valence-electron chi connectivity index (χ0n) is 6.94. The zero-order chi connectivity index (χ0) is 10.3. The van der Waals surface area contributed by atoms with Crippen molar-refractivity contribution in [1.29, 1.82) is 0 Å². The Balaban J connectivity index is 2.46. The summed E-state index contributed by atoms with van der Waals surface area (Å²) in [5, 5.41) is -0.248. The number of ether oxygens (including phenoxy) is 1. The monoisotopic (exact) mass is 222 g/mol. The summed E-state index contributed by atoms with van der Waals surface area (Å²) in [6, 6.07) is 3.86. The van der Waals surface area contributed by atoms with Crippen LogP contribution in [0.4, 0.5) is 13.2 Å². The van der Waals surface area contributed by atoms with E-state index in [-0.39, 0.29) is 11.1 Å². The molecular formula is C9H6ClF3O. The fourth-order valence-corrected chi connectivity index (χ4v) is 1.60. The van der Waals surface area contributed by atoms with Crippen molar-refractivity contribution in [2.24, 2.45) is 0 Å². The molecule has 0 spiro atoms. The van der Waals surface area contributed by atoms with Gasteiger partial charge in [-0.15, -0.1) is 0 Å². The molecule has 1 saturated heterocycles. The summed E-state index contributed by atoms with van der Waals surface area (Å²) in [4.78, 5) is 0. The highest BCUT2D eigenvalue weighted by molar-refractivity contribution is 6.32. The molecule has 1 atom stereocenters. The van der Waals surface area contributed by atoms with Crippen molar-refractivity contribution in [3.63, 3.8) is 0 Å². The minimum absolute atomic E-state index is 0.248. The fraction of sp³-hybridized carbons (Fsp3) is 0.333. The first-order chi connectivity index (χ1) is 6.50. The van der Waals surface area contributed by atoms with Crippen LogP contribution in [0.2, 0.25) is 5.02 Å². The lowest BCUT2D eigenvalue weighted by molar-refractivity contribution is -0.137. The largest absolute Gasteiger partial charge is 0.417 e. The van der Waals surface area contributed by atoms with E-state index in [0.717, 1.165) is 6.07 Å². The second-order valence-corrected chi connectivity index (χ2v) is 3.41. The maximum atomic E-state index is 12.4. The summed E-state index contributed by atoms with van der Waals surface area (Å²) in [6.45, 7) is 0.445. The van der Waals surface area contributed by atoms with Crippen LogP contribution in [-0.4, -0.2) is 6.61 Å². The molecule has 76 valence electrons. The third-order valence-electron chi connectivity index (χ3n) is 2.01. The number of benzene rings is 1. The highest BCUT2D eigenvalue weighted by atomic mass is 35.5. The third kappa shape index (κ3) is 1.72. The smallest absolute Gasteiger partial charge is 0.368 e. The minimum atomic E-state index is -4.40. The molecule has 1 unspecified atom stereocenters. The van der Waals surface area contributed by atoms with Crippen LogP contribution >= 0.6 is 11.6 Å². The van der Waals surface area contributed by atoms with Crippen LogP contribution in [0.3, 0.4) is 0 Å². The van der Waals surface area contributed by atoms with Gasteiger partial charge in [0.1, 0.15) is 6.10 Å². The lowest BCUT2D eigenvalue weighted by Crippen LogP contribution is -2.06. The van der Waals surface area contributed by atoms with Gasteiger partial charge >= 0.3 is 6.18 Å². The molecule has 1 fully saturated rings. The number of epoxide rings is 1. The maximum Gasteiger partial charge on any atom is 0.417 e. The van der Waals surface area contributed by atoms with Crippen molar-refractivity contribution in [2.75, 3.05) is 6.61 Å². The molecule has 1 aliphatic heterocycles. The first-order valence-corrected chi connectivity index (χ1v) is 4.35. The van der Waals surface area contributed by atoms with E-state index in [2.05, 4.69) is 0 Å². The lowest BCUT2D eigenvalue weighted by atomic mass is 10.1. The fourth-order valence-electron chi connectivity index (χ4n) is 1.25. The number of hydrogen-bond donors (Lipinski definition) is 0. The van der Waals surface area contributed by atoms with Gasteiger partial charge in [-0.1, -0.05) is 23.7 Å². The average molecular weight is 223 g/mol. The van der Waals surface area contributed by atoms with Gasteiger partial charge in [-0.3, -0.25) is 0 Å². The van der Waals surface area contributed by atoms with Crippen molar-refractivity contribution in [3.8, 4) is 0 Å². The van der Waals surface area contributed by atoms with E-state index in [1.807, 2.05) is 0 Å². The molecule has 1 aliphatic rings. The molecule has 0 radical (unpaired) electrons. The number of rotatable bonds is 1. The Labute approximate surface area is 83.4 Å². The summed E-state index contributed by atoms with van der Waals surface area (Å²) < 4.78 is 42.1. The van der Waals surface area contributed by atoms with Gasteiger partial charge in [-0.25, -0.2) is 0 Å². The molecule has 0 N–H and O–H groups in total. The third-order valence-corrected chi connectivity index (χ3v) is 2.44. The van der Waals surface area contributed by atoms with Crippen LogP contribution in [0.15, 0.2) is 18.2 Å². The molecular weight excluding hydrogens is 217 g/mol. The van der Waals surface area contributed by atoms with Crippen molar-refractivity contribution in [1.82, 2.24) is 0 Å². The van der Waals surface area contributed by atoms with Gasteiger partial charge in [0.25, 0.3) is 0 Å². The van der Waals surface area contributed by atoms with E-state index in [0.29, 0.717) is 12.2 Å². The van der Waals surface area contributed by atoms with Crippen molar-refractivity contribution < 1.29 is 17.9 Å². The highest BCUT2D eigenvalue weighted by Crippen LogP contribution is 2.41. The van der Waals surface area contributed by atoms with Gasteiger partial charge in [-0.05, 0) is 6.07 Å². The van der Waals surface area contributed by atoms with Gasteiger partial charge in [0, 0.05) is 5.56 Å². The molecule has 1 heterocycles.